The van der Waals surface area contributed by atoms with E-state index in [9.17, 15) is 26.4 Å². The molecule has 0 saturated heterocycles. The highest BCUT2D eigenvalue weighted by Crippen LogP contribution is 2.32. The zero-order chi connectivity index (χ0) is 26.9. The molecule has 1 amide bonds. The van der Waals surface area contributed by atoms with Crippen LogP contribution in [0.15, 0.2) is 72.8 Å². The van der Waals surface area contributed by atoms with Crippen LogP contribution in [0.2, 0.25) is 0 Å². The fourth-order valence-corrected chi connectivity index (χ4v) is 4.76. The van der Waals surface area contributed by atoms with Crippen molar-refractivity contribution >= 4 is 15.9 Å². The summed E-state index contributed by atoms with van der Waals surface area (Å²) in [7, 11) is -3.67. The lowest BCUT2D eigenvalue weighted by molar-refractivity contribution is -0.137. The van der Waals surface area contributed by atoms with Crippen molar-refractivity contribution in [2.45, 2.75) is 52.0 Å². The fraction of sp³-hybridized carbons (Fsp3) is 0.321. The number of unbranched alkanes of at least 4 members (excludes halogenated alkanes) is 3. The number of sulfonamides is 1. The first-order chi connectivity index (χ1) is 17.6. The molecule has 0 saturated carbocycles. The summed E-state index contributed by atoms with van der Waals surface area (Å²) >= 11 is 0. The van der Waals surface area contributed by atoms with Gasteiger partial charge in [0.2, 0.25) is 10.0 Å². The Hall–Kier alpha value is -3.17. The Labute approximate surface area is 215 Å². The van der Waals surface area contributed by atoms with Crippen LogP contribution >= 0.6 is 0 Å². The number of ether oxygens (including phenoxy) is 1. The van der Waals surface area contributed by atoms with E-state index in [1.807, 2.05) is 6.92 Å². The Kier molecular flexibility index (Phi) is 9.88. The molecular weight excluding hydrogens is 503 g/mol. The first-order valence-corrected chi connectivity index (χ1v) is 13.7. The van der Waals surface area contributed by atoms with Crippen molar-refractivity contribution in [1.82, 2.24) is 4.72 Å². The monoisotopic (exact) mass is 533 g/mol. The Balaban J connectivity index is 1.48. The topological polar surface area (TPSA) is 72.5 Å². The van der Waals surface area contributed by atoms with Crippen LogP contribution in [-0.4, -0.2) is 20.1 Å². The summed E-state index contributed by atoms with van der Waals surface area (Å²) < 4.78 is 70.8. The van der Waals surface area contributed by atoms with E-state index in [0.717, 1.165) is 42.5 Å². The number of amides is 1. The molecule has 198 valence electrons. The van der Waals surface area contributed by atoms with Gasteiger partial charge in [-0.2, -0.15) is 13.2 Å². The molecule has 5 nitrogen and oxygen atoms in total. The number of hydrogen-bond acceptors (Lipinski definition) is 4. The number of rotatable bonds is 12. The maximum atomic E-state index is 13.0. The molecule has 0 heterocycles. The molecule has 3 rings (SSSR count). The number of benzene rings is 3. The standard InChI is InChI=1S/C28H30F3NO4S/c1-2-3-4-5-17-37(34,35)32-27(33)24-15-11-22(12-16-24)20-36-19-21-9-13-23(14-10-21)25-7-6-8-26(18-25)28(29,30)31/h6-16,18H,2-5,17,19-20H2,1H3,(H,32,33). The van der Waals surface area contributed by atoms with Crippen molar-refractivity contribution in [2.75, 3.05) is 5.75 Å². The molecule has 0 aliphatic heterocycles. The van der Waals surface area contributed by atoms with Crippen LogP contribution in [-0.2, 0) is 34.2 Å². The Morgan fingerprint density at radius 1 is 0.838 bits per heavy atom. The second-order valence-electron chi connectivity index (χ2n) is 8.78. The van der Waals surface area contributed by atoms with Crippen LogP contribution in [0, 0.1) is 0 Å². The molecule has 0 aliphatic rings. The minimum absolute atomic E-state index is 0.0778. The van der Waals surface area contributed by atoms with Crippen molar-refractivity contribution in [3.8, 4) is 11.1 Å². The minimum Gasteiger partial charge on any atom is -0.372 e. The summed E-state index contributed by atoms with van der Waals surface area (Å²) in [6.07, 6.45) is -1.12. The van der Waals surface area contributed by atoms with Crippen LogP contribution in [0.3, 0.4) is 0 Å². The average molecular weight is 534 g/mol. The number of alkyl halides is 3. The molecule has 9 heteroatoms. The molecule has 0 unspecified atom stereocenters. The van der Waals surface area contributed by atoms with E-state index in [1.54, 1.807) is 54.6 Å². The zero-order valence-electron chi connectivity index (χ0n) is 20.6. The van der Waals surface area contributed by atoms with E-state index in [1.165, 1.54) is 6.07 Å². The van der Waals surface area contributed by atoms with Gasteiger partial charge in [-0.1, -0.05) is 74.7 Å². The quantitative estimate of drug-likeness (QED) is 0.262. The number of carbonyl (C=O) groups is 1. The van der Waals surface area contributed by atoms with Gasteiger partial charge < -0.3 is 4.74 Å². The molecule has 0 spiro atoms. The number of nitrogens with one attached hydrogen (secondary N) is 1. The molecule has 0 bridgehead atoms. The molecular formula is C28H30F3NO4S. The van der Waals surface area contributed by atoms with Gasteiger partial charge in [0.05, 0.1) is 24.5 Å². The Morgan fingerprint density at radius 2 is 1.46 bits per heavy atom. The molecule has 0 atom stereocenters. The normalized spacial score (nSPS) is 11.9. The minimum atomic E-state index is -4.39. The SMILES string of the molecule is CCCCCCS(=O)(=O)NC(=O)c1ccc(COCc2ccc(-c3cccc(C(F)(F)F)c3)cc2)cc1. The zero-order valence-corrected chi connectivity index (χ0v) is 21.4. The molecule has 0 aliphatic carbocycles. The van der Waals surface area contributed by atoms with Gasteiger partial charge >= 0.3 is 6.18 Å². The van der Waals surface area contributed by atoms with Gasteiger partial charge in [-0.15, -0.1) is 0 Å². The molecule has 3 aromatic rings. The lowest BCUT2D eigenvalue weighted by Gasteiger charge is -2.10. The van der Waals surface area contributed by atoms with Crippen molar-refractivity contribution in [1.29, 1.82) is 0 Å². The predicted octanol–water partition coefficient (Wildman–Crippen LogP) is 6.73. The van der Waals surface area contributed by atoms with E-state index < -0.39 is 27.7 Å². The largest absolute Gasteiger partial charge is 0.416 e. The van der Waals surface area contributed by atoms with Crippen LogP contribution in [0.1, 0.15) is 59.7 Å². The maximum Gasteiger partial charge on any atom is 0.416 e. The Bertz CT molecular complexity index is 1270. The van der Waals surface area contributed by atoms with Gasteiger partial charge in [0, 0.05) is 5.56 Å². The van der Waals surface area contributed by atoms with Gasteiger partial charge in [0.25, 0.3) is 5.91 Å². The molecule has 0 aromatic heterocycles. The van der Waals surface area contributed by atoms with Gasteiger partial charge in [0.1, 0.15) is 0 Å². The van der Waals surface area contributed by atoms with E-state index in [0.29, 0.717) is 24.2 Å². The van der Waals surface area contributed by atoms with Crippen LogP contribution in [0.5, 0.6) is 0 Å². The van der Waals surface area contributed by atoms with E-state index in [-0.39, 0.29) is 17.9 Å². The second kappa shape index (κ2) is 12.9. The highest BCUT2D eigenvalue weighted by Gasteiger charge is 2.30. The van der Waals surface area contributed by atoms with E-state index >= 15 is 0 Å². The third-order valence-electron chi connectivity index (χ3n) is 5.75. The van der Waals surface area contributed by atoms with Gasteiger partial charge in [0.15, 0.2) is 0 Å². The highest BCUT2D eigenvalue weighted by atomic mass is 32.2. The predicted molar refractivity (Wildman–Crippen MR) is 137 cm³/mol. The third-order valence-corrected chi connectivity index (χ3v) is 7.07. The third kappa shape index (κ3) is 9.02. The van der Waals surface area contributed by atoms with Crippen LogP contribution in [0.4, 0.5) is 13.2 Å². The summed E-state index contributed by atoms with van der Waals surface area (Å²) in [5, 5.41) is 0. The van der Waals surface area contributed by atoms with Gasteiger partial charge in [-0.25, -0.2) is 13.1 Å². The van der Waals surface area contributed by atoms with Crippen molar-refractivity contribution in [2.24, 2.45) is 0 Å². The fourth-order valence-electron chi connectivity index (χ4n) is 3.68. The summed E-state index contributed by atoms with van der Waals surface area (Å²) in [6, 6.07) is 18.8. The van der Waals surface area contributed by atoms with Gasteiger partial charge in [-0.3, -0.25) is 4.79 Å². The molecule has 3 aromatic carbocycles. The molecule has 0 radical (unpaired) electrons. The first kappa shape index (κ1) is 28.4. The van der Waals surface area contributed by atoms with Gasteiger partial charge in [-0.05, 0) is 52.9 Å². The van der Waals surface area contributed by atoms with Crippen molar-refractivity contribution in [3.05, 3.63) is 95.1 Å². The Morgan fingerprint density at radius 3 is 2.05 bits per heavy atom. The smallest absolute Gasteiger partial charge is 0.372 e. The molecule has 1 N–H and O–H groups in total. The number of carbonyl (C=O) groups excluding carboxylic acids is 1. The van der Waals surface area contributed by atoms with E-state index in [2.05, 4.69) is 4.72 Å². The van der Waals surface area contributed by atoms with E-state index in [4.69, 9.17) is 4.74 Å². The lowest BCUT2D eigenvalue weighted by atomic mass is 10.0. The average Bonchev–Trinajstić information content (AvgIpc) is 2.87. The summed E-state index contributed by atoms with van der Waals surface area (Å²) in [4.78, 5) is 12.3. The summed E-state index contributed by atoms with van der Waals surface area (Å²) in [5.74, 6) is -0.741. The van der Waals surface area contributed by atoms with Crippen molar-refractivity contribution in [3.63, 3.8) is 0 Å². The van der Waals surface area contributed by atoms with Crippen LogP contribution < -0.4 is 4.72 Å². The second-order valence-corrected chi connectivity index (χ2v) is 10.6. The highest BCUT2D eigenvalue weighted by molar-refractivity contribution is 7.90. The summed E-state index contributed by atoms with van der Waals surface area (Å²) in [6.45, 7) is 2.60. The lowest BCUT2D eigenvalue weighted by Crippen LogP contribution is -2.32. The first-order valence-electron chi connectivity index (χ1n) is 12.1. The maximum absolute atomic E-state index is 13.0. The van der Waals surface area contributed by atoms with Crippen molar-refractivity contribution < 1.29 is 31.1 Å². The number of hydrogen-bond donors (Lipinski definition) is 1. The summed E-state index contributed by atoms with van der Waals surface area (Å²) in [5.41, 5.74) is 2.37. The molecule has 37 heavy (non-hydrogen) atoms. The molecule has 0 fully saturated rings. The number of halogens is 3. The van der Waals surface area contributed by atoms with Crippen LogP contribution in [0.25, 0.3) is 11.1 Å².